The predicted octanol–water partition coefficient (Wildman–Crippen LogP) is 2.83. The third-order valence-corrected chi connectivity index (χ3v) is 4.51. The van der Waals surface area contributed by atoms with Gasteiger partial charge in [-0.1, -0.05) is 12.6 Å². The normalized spacial score (nSPS) is 13.0. The first-order valence-corrected chi connectivity index (χ1v) is 8.86. The second kappa shape index (κ2) is 7.95. The van der Waals surface area contributed by atoms with Gasteiger partial charge in [-0.25, -0.2) is 0 Å². The molecule has 1 aromatic carbocycles. The van der Waals surface area contributed by atoms with Crippen LogP contribution < -0.4 is 10.2 Å². The van der Waals surface area contributed by atoms with Crippen molar-refractivity contribution in [3.8, 4) is 0 Å². The summed E-state index contributed by atoms with van der Waals surface area (Å²) >= 11 is 0. The first-order valence-electron chi connectivity index (χ1n) is 8.86. The molecule has 0 radical (unpaired) electrons. The summed E-state index contributed by atoms with van der Waals surface area (Å²) in [4.78, 5) is 30.6. The van der Waals surface area contributed by atoms with E-state index < -0.39 is 0 Å². The maximum atomic E-state index is 12.4. The molecule has 5 nitrogen and oxygen atoms in total. The fourth-order valence-corrected chi connectivity index (χ4v) is 3.22. The third kappa shape index (κ3) is 3.99. The van der Waals surface area contributed by atoms with Crippen LogP contribution in [0.5, 0.6) is 0 Å². The third-order valence-electron chi connectivity index (χ3n) is 4.51. The van der Waals surface area contributed by atoms with Gasteiger partial charge in [0, 0.05) is 42.1 Å². The standard InChI is InChI=1S/C21H23N3O2/c1-3-20(25)24-13-5-7-16-14-17(9-10-19(16)24)21(26)22-12-11-18-8-4-6-15(2)23-18/h3-4,6,8-10,14H,1,5,7,11-13H2,2H3,(H,22,26). The van der Waals surface area contributed by atoms with Crippen LogP contribution in [0.3, 0.4) is 0 Å². The van der Waals surface area contributed by atoms with Crippen LogP contribution >= 0.6 is 0 Å². The fraction of sp³-hybridized carbons (Fsp3) is 0.286. The fourth-order valence-electron chi connectivity index (χ4n) is 3.22. The van der Waals surface area contributed by atoms with E-state index in [-0.39, 0.29) is 11.8 Å². The lowest BCUT2D eigenvalue weighted by Gasteiger charge is -2.28. The predicted molar refractivity (Wildman–Crippen MR) is 102 cm³/mol. The number of anilines is 1. The smallest absolute Gasteiger partial charge is 0.251 e. The van der Waals surface area contributed by atoms with Gasteiger partial charge in [-0.3, -0.25) is 14.6 Å². The summed E-state index contributed by atoms with van der Waals surface area (Å²) in [6.45, 7) is 6.73. The van der Waals surface area contributed by atoms with E-state index in [1.165, 1.54) is 6.08 Å². The highest BCUT2D eigenvalue weighted by molar-refractivity contribution is 6.02. The zero-order chi connectivity index (χ0) is 18.5. The minimum absolute atomic E-state index is 0.103. The Labute approximate surface area is 153 Å². The quantitative estimate of drug-likeness (QED) is 0.845. The molecule has 1 aromatic heterocycles. The summed E-state index contributed by atoms with van der Waals surface area (Å²) in [6, 6.07) is 11.4. The number of hydrogen-bond acceptors (Lipinski definition) is 3. The number of fused-ring (bicyclic) bond motifs is 1. The van der Waals surface area contributed by atoms with Gasteiger partial charge in [0.2, 0.25) is 5.91 Å². The van der Waals surface area contributed by atoms with Crippen LogP contribution in [0, 0.1) is 6.92 Å². The van der Waals surface area contributed by atoms with Gasteiger partial charge in [-0.05, 0) is 61.7 Å². The van der Waals surface area contributed by atoms with Gasteiger partial charge in [0.05, 0.1) is 0 Å². The number of pyridine rings is 1. The van der Waals surface area contributed by atoms with E-state index in [4.69, 9.17) is 0 Å². The molecule has 0 atom stereocenters. The molecule has 1 aliphatic rings. The maximum Gasteiger partial charge on any atom is 0.251 e. The molecular formula is C21H23N3O2. The molecule has 1 aliphatic heterocycles. The van der Waals surface area contributed by atoms with E-state index >= 15 is 0 Å². The van der Waals surface area contributed by atoms with Crippen molar-refractivity contribution in [2.75, 3.05) is 18.0 Å². The Hall–Kier alpha value is -2.95. The lowest BCUT2D eigenvalue weighted by atomic mass is 9.98. The summed E-state index contributed by atoms with van der Waals surface area (Å²) in [5.74, 6) is -0.207. The summed E-state index contributed by atoms with van der Waals surface area (Å²) < 4.78 is 0. The van der Waals surface area contributed by atoms with Crippen LogP contribution in [0.1, 0.15) is 33.7 Å². The SMILES string of the molecule is C=CC(=O)N1CCCc2cc(C(=O)NCCc3cccc(C)n3)ccc21. The molecule has 0 fully saturated rings. The Morgan fingerprint density at radius 1 is 1.31 bits per heavy atom. The summed E-state index contributed by atoms with van der Waals surface area (Å²) in [5.41, 5.74) is 4.46. The number of benzene rings is 1. The topological polar surface area (TPSA) is 62.3 Å². The van der Waals surface area contributed by atoms with E-state index in [0.29, 0.717) is 25.1 Å². The van der Waals surface area contributed by atoms with Gasteiger partial charge in [-0.2, -0.15) is 0 Å². The van der Waals surface area contributed by atoms with Crippen molar-refractivity contribution >= 4 is 17.5 Å². The van der Waals surface area contributed by atoms with Gasteiger partial charge >= 0.3 is 0 Å². The van der Waals surface area contributed by atoms with Gasteiger partial charge < -0.3 is 10.2 Å². The minimum Gasteiger partial charge on any atom is -0.352 e. The molecule has 2 amide bonds. The molecule has 134 valence electrons. The van der Waals surface area contributed by atoms with E-state index in [1.54, 1.807) is 11.0 Å². The molecule has 26 heavy (non-hydrogen) atoms. The number of carbonyl (C=O) groups excluding carboxylic acids is 2. The maximum absolute atomic E-state index is 12.4. The number of aryl methyl sites for hydroxylation is 2. The molecule has 0 spiro atoms. The highest BCUT2D eigenvalue weighted by Crippen LogP contribution is 2.28. The highest BCUT2D eigenvalue weighted by Gasteiger charge is 2.21. The van der Waals surface area contributed by atoms with Crippen molar-refractivity contribution in [2.45, 2.75) is 26.2 Å². The van der Waals surface area contributed by atoms with Gasteiger partial charge in [-0.15, -0.1) is 0 Å². The Morgan fingerprint density at radius 3 is 2.92 bits per heavy atom. The lowest BCUT2D eigenvalue weighted by molar-refractivity contribution is -0.114. The van der Waals surface area contributed by atoms with Crippen molar-refractivity contribution in [3.63, 3.8) is 0 Å². The first-order chi connectivity index (χ1) is 12.6. The largest absolute Gasteiger partial charge is 0.352 e. The molecule has 3 rings (SSSR count). The van der Waals surface area contributed by atoms with Crippen molar-refractivity contribution in [2.24, 2.45) is 0 Å². The summed E-state index contributed by atoms with van der Waals surface area (Å²) in [6.07, 6.45) is 3.77. The van der Waals surface area contributed by atoms with Gasteiger partial charge in [0.1, 0.15) is 0 Å². The number of nitrogens with zero attached hydrogens (tertiary/aromatic N) is 2. The van der Waals surface area contributed by atoms with Gasteiger partial charge in [0.15, 0.2) is 0 Å². The molecule has 2 heterocycles. The van der Waals surface area contributed by atoms with Crippen molar-refractivity contribution in [1.82, 2.24) is 10.3 Å². The second-order valence-corrected chi connectivity index (χ2v) is 6.42. The molecule has 5 heteroatoms. The number of carbonyl (C=O) groups is 2. The van der Waals surface area contributed by atoms with Crippen LogP contribution in [0.25, 0.3) is 0 Å². The Balaban J connectivity index is 1.65. The molecule has 0 saturated carbocycles. The second-order valence-electron chi connectivity index (χ2n) is 6.42. The molecule has 0 aliphatic carbocycles. The van der Waals surface area contributed by atoms with Crippen LogP contribution in [0.4, 0.5) is 5.69 Å². The molecular weight excluding hydrogens is 326 g/mol. The average Bonchev–Trinajstić information content (AvgIpc) is 2.66. The molecule has 0 unspecified atom stereocenters. The summed E-state index contributed by atoms with van der Waals surface area (Å²) in [5, 5.41) is 2.94. The molecule has 0 saturated heterocycles. The first kappa shape index (κ1) is 17.9. The monoisotopic (exact) mass is 349 g/mol. The molecule has 2 aromatic rings. The number of amides is 2. The van der Waals surface area contributed by atoms with E-state index in [0.717, 1.165) is 35.5 Å². The Kier molecular flexibility index (Phi) is 5.46. The van der Waals surface area contributed by atoms with E-state index in [1.807, 2.05) is 37.3 Å². The Morgan fingerprint density at radius 2 is 2.15 bits per heavy atom. The van der Waals surface area contributed by atoms with Gasteiger partial charge in [0.25, 0.3) is 5.91 Å². The van der Waals surface area contributed by atoms with Crippen LogP contribution in [0.2, 0.25) is 0 Å². The zero-order valence-electron chi connectivity index (χ0n) is 15.0. The average molecular weight is 349 g/mol. The van der Waals surface area contributed by atoms with Crippen molar-refractivity contribution in [3.05, 3.63) is 71.6 Å². The molecule has 1 N–H and O–H groups in total. The number of nitrogens with one attached hydrogen (secondary N) is 1. The Bertz CT molecular complexity index is 845. The highest BCUT2D eigenvalue weighted by atomic mass is 16.2. The van der Waals surface area contributed by atoms with Crippen LogP contribution in [-0.4, -0.2) is 29.9 Å². The van der Waals surface area contributed by atoms with Crippen LogP contribution in [-0.2, 0) is 17.6 Å². The van der Waals surface area contributed by atoms with Crippen molar-refractivity contribution in [1.29, 1.82) is 0 Å². The van der Waals surface area contributed by atoms with Crippen LogP contribution in [0.15, 0.2) is 49.1 Å². The number of hydrogen-bond donors (Lipinski definition) is 1. The molecule has 0 bridgehead atoms. The number of rotatable bonds is 5. The van der Waals surface area contributed by atoms with Crippen molar-refractivity contribution < 1.29 is 9.59 Å². The summed E-state index contributed by atoms with van der Waals surface area (Å²) in [7, 11) is 0. The van der Waals surface area contributed by atoms with E-state index in [2.05, 4.69) is 16.9 Å². The zero-order valence-corrected chi connectivity index (χ0v) is 15.0. The minimum atomic E-state index is -0.104. The number of aromatic nitrogens is 1. The lowest BCUT2D eigenvalue weighted by Crippen LogP contribution is -2.34. The van der Waals surface area contributed by atoms with E-state index in [9.17, 15) is 9.59 Å².